The van der Waals surface area contributed by atoms with Crippen molar-refractivity contribution < 1.29 is 10.2 Å². The predicted molar refractivity (Wildman–Crippen MR) is 60.8 cm³/mol. The fraction of sp³-hybridized carbons (Fsp3) is 1.00. The fourth-order valence-corrected chi connectivity index (χ4v) is 2.13. The lowest BCUT2D eigenvalue weighted by Gasteiger charge is -2.30. The van der Waals surface area contributed by atoms with E-state index < -0.39 is 6.10 Å². The monoisotopic (exact) mass is 216 g/mol. The summed E-state index contributed by atoms with van der Waals surface area (Å²) in [5.74, 6) is 0.699. The van der Waals surface area contributed by atoms with Gasteiger partial charge in [-0.25, -0.2) is 0 Å². The highest BCUT2D eigenvalue weighted by Gasteiger charge is 2.17. The van der Waals surface area contributed by atoms with Gasteiger partial charge in [-0.3, -0.25) is 0 Å². The molecule has 0 radical (unpaired) electrons. The SMILES string of the molecule is CCN(CC(O)CO)CC1CCCNC1. The van der Waals surface area contributed by atoms with Crippen LogP contribution in [0.15, 0.2) is 0 Å². The van der Waals surface area contributed by atoms with E-state index in [4.69, 9.17) is 5.11 Å². The van der Waals surface area contributed by atoms with Crippen molar-refractivity contribution in [2.75, 3.05) is 39.3 Å². The number of piperidine rings is 1. The van der Waals surface area contributed by atoms with E-state index in [1.54, 1.807) is 0 Å². The predicted octanol–water partition coefficient (Wildman–Crippen LogP) is -0.339. The second-order valence-electron chi connectivity index (χ2n) is 4.40. The lowest BCUT2D eigenvalue weighted by atomic mass is 9.99. The molecule has 1 fully saturated rings. The molecule has 1 aliphatic rings. The highest BCUT2D eigenvalue weighted by molar-refractivity contribution is 4.73. The molecule has 90 valence electrons. The summed E-state index contributed by atoms with van der Waals surface area (Å²) in [6.45, 7) is 6.74. The van der Waals surface area contributed by atoms with Gasteiger partial charge in [0.2, 0.25) is 0 Å². The Bertz CT molecular complexity index is 161. The van der Waals surface area contributed by atoms with Crippen LogP contribution in [0.25, 0.3) is 0 Å². The van der Waals surface area contributed by atoms with Crippen LogP contribution in [0.3, 0.4) is 0 Å². The number of hydrogen-bond acceptors (Lipinski definition) is 4. The number of hydrogen-bond donors (Lipinski definition) is 3. The molecule has 0 aromatic carbocycles. The second kappa shape index (κ2) is 7.17. The molecule has 1 aliphatic heterocycles. The van der Waals surface area contributed by atoms with Gasteiger partial charge in [-0.1, -0.05) is 6.92 Å². The third-order valence-corrected chi connectivity index (χ3v) is 3.04. The zero-order chi connectivity index (χ0) is 11.1. The first-order valence-electron chi connectivity index (χ1n) is 5.98. The summed E-state index contributed by atoms with van der Waals surface area (Å²) in [5, 5.41) is 21.6. The first-order valence-corrected chi connectivity index (χ1v) is 5.98. The number of nitrogens with zero attached hydrogens (tertiary/aromatic N) is 1. The third kappa shape index (κ3) is 4.93. The second-order valence-corrected chi connectivity index (χ2v) is 4.40. The largest absolute Gasteiger partial charge is 0.394 e. The first kappa shape index (κ1) is 12.9. The Hall–Kier alpha value is -0.160. The highest BCUT2D eigenvalue weighted by atomic mass is 16.3. The average molecular weight is 216 g/mol. The number of aliphatic hydroxyl groups is 2. The molecule has 3 N–H and O–H groups in total. The van der Waals surface area contributed by atoms with Crippen LogP contribution >= 0.6 is 0 Å². The van der Waals surface area contributed by atoms with Gasteiger partial charge < -0.3 is 20.4 Å². The van der Waals surface area contributed by atoms with Gasteiger partial charge in [0, 0.05) is 13.1 Å². The molecule has 4 heteroatoms. The van der Waals surface area contributed by atoms with Crippen molar-refractivity contribution in [2.45, 2.75) is 25.9 Å². The van der Waals surface area contributed by atoms with E-state index in [1.807, 2.05) is 0 Å². The van der Waals surface area contributed by atoms with Crippen LogP contribution in [0, 0.1) is 5.92 Å². The van der Waals surface area contributed by atoms with Crippen LogP contribution < -0.4 is 5.32 Å². The number of aliphatic hydroxyl groups excluding tert-OH is 2. The minimum absolute atomic E-state index is 0.139. The fourth-order valence-electron chi connectivity index (χ4n) is 2.13. The van der Waals surface area contributed by atoms with Crippen LogP contribution in [0.2, 0.25) is 0 Å². The van der Waals surface area contributed by atoms with Crippen molar-refractivity contribution in [1.82, 2.24) is 10.2 Å². The first-order chi connectivity index (χ1) is 7.26. The average Bonchev–Trinajstić information content (AvgIpc) is 2.29. The molecular formula is C11H24N2O2. The summed E-state index contributed by atoms with van der Waals surface area (Å²) in [4.78, 5) is 2.22. The minimum Gasteiger partial charge on any atom is -0.394 e. The Kier molecular flexibility index (Phi) is 6.17. The molecule has 0 spiro atoms. The lowest BCUT2D eigenvalue weighted by molar-refractivity contribution is 0.0544. The standard InChI is InChI=1S/C11H24N2O2/c1-2-13(8-11(15)9-14)7-10-4-3-5-12-6-10/h10-12,14-15H,2-9H2,1H3. The molecule has 1 rings (SSSR count). The minimum atomic E-state index is -0.596. The van der Waals surface area contributed by atoms with E-state index >= 15 is 0 Å². The topological polar surface area (TPSA) is 55.7 Å². The normalized spacial score (nSPS) is 24.4. The van der Waals surface area contributed by atoms with Gasteiger partial charge in [0.25, 0.3) is 0 Å². The molecule has 0 aromatic heterocycles. The van der Waals surface area contributed by atoms with Crippen molar-refractivity contribution in [2.24, 2.45) is 5.92 Å². The smallest absolute Gasteiger partial charge is 0.0897 e. The van der Waals surface area contributed by atoms with Gasteiger partial charge in [-0.05, 0) is 38.4 Å². The van der Waals surface area contributed by atoms with Gasteiger partial charge in [0.15, 0.2) is 0 Å². The highest BCUT2D eigenvalue weighted by Crippen LogP contribution is 2.11. The lowest BCUT2D eigenvalue weighted by Crippen LogP contribution is -2.41. The van der Waals surface area contributed by atoms with Crippen molar-refractivity contribution >= 4 is 0 Å². The van der Waals surface area contributed by atoms with E-state index in [0.717, 1.165) is 26.2 Å². The molecule has 0 saturated carbocycles. The maximum Gasteiger partial charge on any atom is 0.0897 e. The number of likely N-dealkylation sites (N-methyl/N-ethyl adjacent to an activating group) is 1. The molecule has 4 nitrogen and oxygen atoms in total. The maximum absolute atomic E-state index is 9.38. The van der Waals surface area contributed by atoms with E-state index in [-0.39, 0.29) is 6.61 Å². The Labute approximate surface area is 92.3 Å². The van der Waals surface area contributed by atoms with Gasteiger partial charge in [-0.2, -0.15) is 0 Å². The molecule has 0 amide bonds. The zero-order valence-electron chi connectivity index (χ0n) is 9.65. The van der Waals surface area contributed by atoms with Crippen LogP contribution in [0.5, 0.6) is 0 Å². The molecule has 1 saturated heterocycles. The molecule has 1 heterocycles. The quantitative estimate of drug-likeness (QED) is 0.569. The van der Waals surface area contributed by atoms with Crippen LogP contribution in [-0.2, 0) is 0 Å². The van der Waals surface area contributed by atoms with Crippen molar-refractivity contribution in [3.05, 3.63) is 0 Å². The Balaban J connectivity index is 2.25. The summed E-state index contributed by atoms with van der Waals surface area (Å²) >= 11 is 0. The summed E-state index contributed by atoms with van der Waals surface area (Å²) in [6, 6.07) is 0. The molecule has 0 bridgehead atoms. The molecule has 15 heavy (non-hydrogen) atoms. The summed E-state index contributed by atoms with van der Waals surface area (Å²) in [5.41, 5.74) is 0. The zero-order valence-corrected chi connectivity index (χ0v) is 9.65. The summed E-state index contributed by atoms with van der Waals surface area (Å²) in [6.07, 6.45) is 1.94. The van der Waals surface area contributed by atoms with Gasteiger partial charge in [-0.15, -0.1) is 0 Å². The van der Waals surface area contributed by atoms with Gasteiger partial charge >= 0.3 is 0 Å². The Morgan fingerprint density at radius 3 is 2.87 bits per heavy atom. The molecule has 2 unspecified atom stereocenters. The third-order valence-electron chi connectivity index (χ3n) is 3.04. The van der Waals surface area contributed by atoms with Crippen molar-refractivity contribution in [3.8, 4) is 0 Å². The van der Waals surface area contributed by atoms with Gasteiger partial charge in [0.1, 0.15) is 0 Å². The molecule has 2 atom stereocenters. The number of nitrogens with one attached hydrogen (secondary N) is 1. The van der Waals surface area contributed by atoms with E-state index in [2.05, 4.69) is 17.1 Å². The van der Waals surface area contributed by atoms with E-state index in [0.29, 0.717) is 12.5 Å². The van der Waals surface area contributed by atoms with Crippen LogP contribution in [0.1, 0.15) is 19.8 Å². The van der Waals surface area contributed by atoms with Crippen LogP contribution in [0.4, 0.5) is 0 Å². The van der Waals surface area contributed by atoms with E-state index in [1.165, 1.54) is 12.8 Å². The Morgan fingerprint density at radius 2 is 2.33 bits per heavy atom. The number of rotatable bonds is 6. The molecular weight excluding hydrogens is 192 g/mol. The summed E-state index contributed by atoms with van der Waals surface area (Å²) in [7, 11) is 0. The Morgan fingerprint density at radius 1 is 1.53 bits per heavy atom. The van der Waals surface area contributed by atoms with Gasteiger partial charge in [0.05, 0.1) is 12.7 Å². The van der Waals surface area contributed by atoms with Crippen LogP contribution in [-0.4, -0.2) is 60.5 Å². The summed E-state index contributed by atoms with van der Waals surface area (Å²) < 4.78 is 0. The van der Waals surface area contributed by atoms with Crippen molar-refractivity contribution in [1.29, 1.82) is 0 Å². The molecule has 0 aliphatic carbocycles. The maximum atomic E-state index is 9.38. The molecule has 0 aromatic rings. The van der Waals surface area contributed by atoms with Crippen molar-refractivity contribution in [3.63, 3.8) is 0 Å². The van der Waals surface area contributed by atoms with E-state index in [9.17, 15) is 5.11 Å².